The second kappa shape index (κ2) is 4.40. The van der Waals surface area contributed by atoms with E-state index in [4.69, 9.17) is 0 Å². The van der Waals surface area contributed by atoms with Crippen LogP contribution in [0.2, 0.25) is 0 Å². The van der Waals surface area contributed by atoms with Crippen molar-refractivity contribution in [3.05, 3.63) is 29.8 Å². The predicted molar refractivity (Wildman–Crippen MR) is 68.2 cm³/mol. The molecule has 0 aromatic heterocycles. The first-order valence-electron chi connectivity index (χ1n) is 6.49. The molecular formula is C14H18N2O. The van der Waals surface area contributed by atoms with Crippen LogP contribution in [-0.4, -0.2) is 18.0 Å². The molecule has 0 heterocycles. The molecule has 90 valence electrons. The summed E-state index contributed by atoms with van der Waals surface area (Å²) in [6.07, 6.45) is 6.13. The van der Waals surface area contributed by atoms with E-state index in [-0.39, 0.29) is 5.91 Å². The summed E-state index contributed by atoms with van der Waals surface area (Å²) in [5.74, 6) is 0.0581. The SMILES string of the molecule is O=C(NC1CC1)c1ccc(NC2CCC2)cc1. The van der Waals surface area contributed by atoms with Crippen LogP contribution in [0.5, 0.6) is 0 Å². The Morgan fingerprint density at radius 3 is 2.24 bits per heavy atom. The van der Waals surface area contributed by atoms with Gasteiger partial charge in [-0.15, -0.1) is 0 Å². The Hall–Kier alpha value is -1.51. The summed E-state index contributed by atoms with van der Waals surface area (Å²) >= 11 is 0. The third-order valence-electron chi connectivity index (χ3n) is 3.54. The molecule has 2 saturated carbocycles. The van der Waals surface area contributed by atoms with Gasteiger partial charge >= 0.3 is 0 Å². The zero-order valence-electron chi connectivity index (χ0n) is 9.91. The minimum Gasteiger partial charge on any atom is -0.382 e. The molecule has 3 nitrogen and oxygen atoms in total. The predicted octanol–water partition coefficient (Wildman–Crippen LogP) is 2.54. The fourth-order valence-corrected chi connectivity index (χ4v) is 2.00. The Bertz CT molecular complexity index is 405. The lowest BCUT2D eigenvalue weighted by atomic mass is 9.93. The zero-order chi connectivity index (χ0) is 11.7. The topological polar surface area (TPSA) is 41.1 Å². The Kier molecular flexibility index (Phi) is 2.75. The van der Waals surface area contributed by atoms with Gasteiger partial charge in [-0.25, -0.2) is 0 Å². The van der Waals surface area contributed by atoms with Gasteiger partial charge in [0.15, 0.2) is 0 Å². The van der Waals surface area contributed by atoms with Gasteiger partial charge in [0.2, 0.25) is 0 Å². The third kappa shape index (κ3) is 2.60. The molecule has 0 saturated heterocycles. The molecule has 17 heavy (non-hydrogen) atoms. The summed E-state index contributed by atoms with van der Waals surface area (Å²) in [6, 6.07) is 8.87. The molecule has 2 fully saturated rings. The van der Waals surface area contributed by atoms with E-state index in [0.29, 0.717) is 12.1 Å². The van der Waals surface area contributed by atoms with Crippen LogP contribution in [0.3, 0.4) is 0 Å². The average molecular weight is 230 g/mol. The van der Waals surface area contributed by atoms with Crippen LogP contribution in [0.4, 0.5) is 5.69 Å². The van der Waals surface area contributed by atoms with E-state index in [2.05, 4.69) is 10.6 Å². The van der Waals surface area contributed by atoms with Crippen LogP contribution >= 0.6 is 0 Å². The lowest BCUT2D eigenvalue weighted by molar-refractivity contribution is 0.0951. The summed E-state index contributed by atoms with van der Waals surface area (Å²) in [4.78, 5) is 11.8. The fraction of sp³-hybridized carbons (Fsp3) is 0.500. The van der Waals surface area contributed by atoms with Crippen LogP contribution in [0, 0.1) is 0 Å². The normalized spacial score (nSPS) is 19.5. The van der Waals surface area contributed by atoms with Crippen LogP contribution in [0.1, 0.15) is 42.5 Å². The fourth-order valence-electron chi connectivity index (χ4n) is 2.00. The van der Waals surface area contributed by atoms with E-state index in [0.717, 1.165) is 24.1 Å². The molecule has 1 amide bonds. The molecule has 1 aromatic carbocycles. The minimum atomic E-state index is 0.0581. The zero-order valence-corrected chi connectivity index (χ0v) is 9.91. The van der Waals surface area contributed by atoms with Crippen molar-refractivity contribution in [3.8, 4) is 0 Å². The Morgan fingerprint density at radius 2 is 1.71 bits per heavy atom. The van der Waals surface area contributed by atoms with E-state index >= 15 is 0 Å². The number of hydrogen-bond donors (Lipinski definition) is 2. The number of carbonyl (C=O) groups excluding carboxylic acids is 1. The van der Waals surface area contributed by atoms with Crippen LogP contribution in [0.25, 0.3) is 0 Å². The first kappa shape index (κ1) is 10.6. The highest BCUT2D eigenvalue weighted by molar-refractivity contribution is 5.94. The highest BCUT2D eigenvalue weighted by Gasteiger charge is 2.23. The molecule has 0 atom stereocenters. The van der Waals surface area contributed by atoms with Crippen molar-refractivity contribution in [2.24, 2.45) is 0 Å². The van der Waals surface area contributed by atoms with Crippen molar-refractivity contribution >= 4 is 11.6 Å². The van der Waals surface area contributed by atoms with Crippen LogP contribution < -0.4 is 10.6 Å². The summed E-state index contributed by atoms with van der Waals surface area (Å²) in [6.45, 7) is 0. The molecule has 2 aliphatic rings. The maximum absolute atomic E-state index is 11.8. The lowest BCUT2D eigenvalue weighted by Gasteiger charge is -2.27. The first-order chi connectivity index (χ1) is 8.31. The average Bonchev–Trinajstić information content (AvgIpc) is 3.08. The summed E-state index contributed by atoms with van der Waals surface area (Å²) in [7, 11) is 0. The van der Waals surface area contributed by atoms with Crippen molar-refractivity contribution in [3.63, 3.8) is 0 Å². The Labute approximate surface area is 102 Å². The molecular weight excluding hydrogens is 212 g/mol. The summed E-state index contributed by atoms with van der Waals surface area (Å²) in [5, 5.41) is 6.46. The van der Waals surface area contributed by atoms with Gasteiger partial charge in [-0.3, -0.25) is 4.79 Å². The first-order valence-corrected chi connectivity index (χ1v) is 6.49. The number of benzene rings is 1. The number of carbonyl (C=O) groups is 1. The number of nitrogens with one attached hydrogen (secondary N) is 2. The van der Waals surface area contributed by atoms with Crippen molar-refractivity contribution in [2.45, 2.75) is 44.2 Å². The monoisotopic (exact) mass is 230 g/mol. The molecule has 2 N–H and O–H groups in total. The second-order valence-electron chi connectivity index (χ2n) is 5.10. The van der Waals surface area contributed by atoms with Gasteiger partial charge in [0.25, 0.3) is 5.91 Å². The van der Waals surface area contributed by atoms with Gasteiger partial charge < -0.3 is 10.6 Å². The highest BCUT2D eigenvalue weighted by atomic mass is 16.1. The van der Waals surface area contributed by atoms with E-state index < -0.39 is 0 Å². The molecule has 0 radical (unpaired) electrons. The maximum Gasteiger partial charge on any atom is 0.251 e. The number of rotatable bonds is 4. The van der Waals surface area contributed by atoms with Gasteiger partial charge in [0.05, 0.1) is 0 Å². The summed E-state index contributed by atoms with van der Waals surface area (Å²) < 4.78 is 0. The molecule has 0 aliphatic heterocycles. The largest absolute Gasteiger partial charge is 0.382 e. The van der Waals surface area contributed by atoms with Gasteiger partial charge in [-0.1, -0.05) is 0 Å². The molecule has 0 unspecified atom stereocenters. The number of hydrogen-bond acceptors (Lipinski definition) is 2. The number of amides is 1. The molecule has 0 spiro atoms. The molecule has 2 aliphatic carbocycles. The lowest BCUT2D eigenvalue weighted by Crippen LogP contribution is -2.27. The van der Waals surface area contributed by atoms with Crippen molar-refractivity contribution < 1.29 is 4.79 Å². The minimum absolute atomic E-state index is 0.0581. The van der Waals surface area contributed by atoms with E-state index in [1.54, 1.807) is 0 Å². The maximum atomic E-state index is 11.8. The van der Waals surface area contributed by atoms with E-state index in [9.17, 15) is 4.79 Å². The highest BCUT2D eigenvalue weighted by Crippen LogP contribution is 2.23. The second-order valence-corrected chi connectivity index (χ2v) is 5.10. The molecule has 1 aromatic rings. The van der Waals surface area contributed by atoms with Gasteiger partial charge in [-0.05, 0) is 56.4 Å². The van der Waals surface area contributed by atoms with Crippen LogP contribution in [-0.2, 0) is 0 Å². The van der Waals surface area contributed by atoms with E-state index in [1.807, 2.05) is 24.3 Å². The van der Waals surface area contributed by atoms with Gasteiger partial charge in [0, 0.05) is 23.3 Å². The van der Waals surface area contributed by atoms with Gasteiger partial charge in [0.1, 0.15) is 0 Å². The molecule has 0 bridgehead atoms. The third-order valence-corrected chi connectivity index (χ3v) is 3.54. The quantitative estimate of drug-likeness (QED) is 0.834. The molecule has 3 rings (SSSR count). The van der Waals surface area contributed by atoms with Gasteiger partial charge in [-0.2, -0.15) is 0 Å². The smallest absolute Gasteiger partial charge is 0.251 e. The van der Waals surface area contributed by atoms with Crippen molar-refractivity contribution in [1.29, 1.82) is 0 Å². The van der Waals surface area contributed by atoms with Crippen molar-refractivity contribution in [1.82, 2.24) is 5.32 Å². The Balaban J connectivity index is 1.59. The van der Waals surface area contributed by atoms with E-state index in [1.165, 1.54) is 19.3 Å². The number of anilines is 1. The summed E-state index contributed by atoms with van der Waals surface area (Å²) in [5.41, 5.74) is 1.88. The van der Waals surface area contributed by atoms with Crippen LogP contribution in [0.15, 0.2) is 24.3 Å². The molecule has 3 heteroatoms. The Morgan fingerprint density at radius 1 is 1.00 bits per heavy atom. The standard InChI is InChI=1S/C14H18N2O/c17-14(16-13-8-9-13)10-4-6-12(7-5-10)15-11-2-1-3-11/h4-7,11,13,15H,1-3,8-9H2,(H,16,17). The van der Waals surface area contributed by atoms with Crippen molar-refractivity contribution in [2.75, 3.05) is 5.32 Å².